The first-order valence-electron chi connectivity index (χ1n) is 10.6. The summed E-state index contributed by atoms with van der Waals surface area (Å²) in [5.74, 6) is 1.64. The molecule has 2 aromatic heterocycles. The van der Waals surface area contributed by atoms with Gasteiger partial charge in [0.1, 0.15) is 12.4 Å². The maximum atomic E-state index is 13.3. The Morgan fingerprint density at radius 2 is 2.00 bits per heavy atom. The molecule has 1 amide bonds. The Labute approximate surface area is 187 Å². The summed E-state index contributed by atoms with van der Waals surface area (Å²) < 4.78 is 1.93. The van der Waals surface area contributed by atoms with Gasteiger partial charge in [0.2, 0.25) is 11.9 Å². The van der Waals surface area contributed by atoms with E-state index in [1.54, 1.807) is 6.20 Å². The van der Waals surface area contributed by atoms with Crippen LogP contribution in [0.2, 0.25) is 5.02 Å². The van der Waals surface area contributed by atoms with Gasteiger partial charge in [0.25, 0.3) is 0 Å². The Hall–Kier alpha value is -2.93. The normalized spacial score (nSPS) is 16.0. The first-order chi connectivity index (χ1) is 15.0. The number of carbonyl (C=O) groups excluding carboxylic acids is 1. The number of hydrogen-bond acceptors (Lipinski definition) is 5. The molecular formula is C23H27ClN6O. The molecule has 4 rings (SSSR count). The molecule has 1 aliphatic heterocycles. The molecule has 31 heavy (non-hydrogen) atoms. The van der Waals surface area contributed by atoms with Crippen molar-refractivity contribution in [2.45, 2.75) is 38.8 Å². The number of nitrogens with zero attached hydrogens (tertiary/aromatic N) is 6. The van der Waals surface area contributed by atoms with E-state index in [0.29, 0.717) is 17.5 Å². The third-order valence-corrected chi connectivity index (χ3v) is 5.93. The summed E-state index contributed by atoms with van der Waals surface area (Å²) >= 11 is 6.09. The van der Waals surface area contributed by atoms with Crippen LogP contribution in [0.4, 0.5) is 5.95 Å². The van der Waals surface area contributed by atoms with Gasteiger partial charge >= 0.3 is 0 Å². The van der Waals surface area contributed by atoms with E-state index in [9.17, 15) is 4.79 Å². The fourth-order valence-electron chi connectivity index (χ4n) is 4.09. The summed E-state index contributed by atoms with van der Waals surface area (Å²) in [6, 6.07) is 7.58. The lowest BCUT2D eigenvalue weighted by Gasteiger charge is -2.27. The monoisotopic (exact) mass is 438 g/mol. The van der Waals surface area contributed by atoms with Crippen molar-refractivity contribution in [3.63, 3.8) is 0 Å². The molecule has 0 bridgehead atoms. The minimum atomic E-state index is -0.0894. The maximum Gasteiger partial charge on any atom is 0.243 e. The molecule has 0 aliphatic carbocycles. The summed E-state index contributed by atoms with van der Waals surface area (Å²) in [6.07, 6.45) is 8.09. The number of imidazole rings is 1. The van der Waals surface area contributed by atoms with Crippen LogP contribution in [-0.4, -0.2) is 51.0 Å². The van der Waals surface area contributed by atoms with Gasteiger partial charge < -0.3 is 14.4 Å². The quantitative estimate of drug-likeness (QED) is 0.582. The predicted molar refractivity (Wildman–Crippen MR) is 122 cm³/mol. The number of amides is 1. The van der Waals surface area contributed by atoms with E-state index >= 15 is 0 Å². The van der Waals surface area contributed by atoms with E-state index in [1.807, 2.05) is 72.0 Å². The van der Waals surface area contributed by atoms with Crippen LogP contribution in [0.15, 0.2) is 42.9 Å². The third-order valence-electron chi connectivity index (χ3n) is 5.67. The maximum absolute atomic E-state index is 13.3. The van der Waals surface area contributed by atoms with Gasteiger partial charge in [-0.15, -0.1) is 0 Å². The van der Waals surface area contributed by atoms with E-state index < -0.39 is 0 Å². The molecule has 1 atom stereocenters. The zero-order valence-corrected chi connectivity index (χ0v) is 18.9. The highest BCUT2D eigenvalue weighted by Crippen LogP contribution is 2.37. The molecule has 0 N–H and O–H groups in total. The number of carbonyl (C=O) groups is 1. The average molecular weight is 439 g/mol. The molecule has 1 aromatic carbocycles. The molecule has 0 radical (unpaired) electrons. The number of hydrogen-bond donors (Lipinski definition) is 0. The van der Waals surface area contributed by atoms with Crippen molar-refractivity contribution in [3.05, 3.63) is 59.4 Å². The minimum absolute atomic E-state index is 0.0854. The molecule has 3 aromatic rings. The van der Waals surface area contributed by atoms with Gasteiger partial charge in [-0.2, -0.15) is 0 Å². The molecule has 0 saturated carbocycles. The number of halogens is 1. The number of aromatic nitrogens is 4. The molecule has 0 spiro atoms. The second-order valence-corrected chi connectivity index (χ2v) is 8.38. The summed E-state index contributed by atoms with van der Waals surface area (Å²) in [7, 11) is 3.84. The van der Waals surface area contributed by atoms with Crippen LogP contribution >= 0.6 is 11.6 Å². The Morgan fingerprint density at radius 1 is 1.23 bits per heavy atom. The Morgan fingerprint density at radius 3 is 2.71 bits per heavy atom. The highest BCUT2D eigenvalue weighted by Gasteiger charge is 2.33. The van der Waals surface area contributed by atoms with Crippen molar-refractivity contribution in [1.82, 2.24) is 24.4 Å². The molecule has 1 saturated heterocycles. The SMILES string of the molecule is CCc1nccn1CC(=O)N1CCCC1c1nc(N(C)C)ncc1-c1ccc(Cl)cc1. The number of rotatable bonds is 6. The van der Waals surface area contributed by atoms with Crippen molar-refractivity contribution < 1.29 is 4.79 Å². The first kappa shape index (κ1) is 21.3. The van der Waals surface area contributed by atoms with Gasteiger partial charge in [-0.25, -0.2) is 15.0 Å². The number of benzene rings is 1. The summed E-state index contributed by atoms with van der Waals surface area (Å²) in [5, 5.41) is 0.681. The van der Waals surface area contributed by atoms with Gasteiger partial charge in [0, 0.05) is 56.2 Å². The Bertz CT molecular complexity index is 1060. The molecule has 1 unspecified atom stereocenters. The lowest BCUT2D eigenvalue weighted by molar-refractivity contribution is -0.132. The van der Waals surface area contributed by atoms with Crippen molar-refractivity contribution in [2.75, 3.05) is 25.5 Å². The minimum Gasteiger partial charge on any atom is -0.347 e. The molecule has 1 aliphatic rings. The molecule has 8 heteroatoms. The summed E-state index contributed by atoms with van der Waals surface area (Å²) in [5.41, 5.74) is 2.81. The van der Waals surface area contributed by atoms with E-state index in [0.717, 1.165) is 48.5 Å². The lowest BCUT2D eigenvalue weighted by Crippen LogP contribution is -2.34. The van der Waals surface area contributed by atoms with Crippen LogP contribution in [-0.2, 0) is 17.8 Å². The molecule has 1 fully saturated rings. The van der Waals surface area contributed by atoms with E-state index in [2.05, 4.69) is 9.97 Å². The van der Waals surface area contributed by atoms with E-state index in [-0.39, 0.29) is 11.9 Å². The van der Waals surface area contributed by atoms with Crippen molar-refractivity contribution in [3.8, 4) is 11.1 Å². The van der Waals surface area contributed by atoms with Gasteiger partial charge in [0.15, 0.2) is 0 Å². The number of anilines is 1. The average Bonchev–Trinajstić information content (AvgIpc) is 3.43. The fraction of sp³-hybridized carbons (Fsp3) is 0.391. The zero-order chi connectivity index (χ0) is 22.0. The van der Waals surface area contributed by atoms with Gasteiger partial charge in [-0.3, -0.25) is 4.79 Å². The van der Waals surface area contributed by atoms with Crippen LogP contribution in [0, 0.1) is 0 Å². The predicted octanol–water partition coefficient (Wildman–Crippen LogP) is 3.99. The highest BCUT2D eigenvalue weighted by atomic mass is 35.5. The summed E-state index contributed by atoms with van der Waals surface area (Å²) in [4.78, 5) is 30.9. The van der Waals surface area contributed by atoms with Crippen molar-refractivity contribution in [2.24, 2.45) is 0 Å². The Balaban J connectivity index is 1.69. The second-order valence-electron chi connectivity index (χ2n) is 7.94. The van der Waals surface area contributed by atoms with Crippen LogP contribution in [0.1, 0.15) is 37.3 Å². The molecule has 3 heterocycles. The number of aryl methyl sites for hydroxylation is 1. The Kier molecular flexibility index (Phi) is 6.23. The largest absolute Gasteiger partial charge is 0.347 e. The van der Waals surface area contributed by atoms with E-state index in [4.69, 9.17) is 16.6 Å². The zero-order valence-electron chi connectivity index (χ0n) is 18.1. The van der Waals surface area contributed by atoms with Crippen LogP contribution in [0.25, 0.3) is 11.1 Å². The number of likely N-dealkylation sites (tertiary alicyclic amines) is 1. The van der Waals surface area contributed by atoms with Crippen molar-refractivity contribution >= 4 is 23.5 Å². The molecular weight excluding hydrogens is 412 g/mol. The van der Waals surface area contributed by atoms with Gasteiger partial charge in [-0.05, 0) is 30.5 Å². The lowest BCUT2D eigenvalue weighted by atomic mass is 10.00. The van der Waals surface area contributed by atoms with Gasteiger partial charge in [0.05, 0.1) is 11.7 Å². The third kappa shape index (κ3) is 4.42. The molecule has 7 nitrogen and oxygen atoms in total. The van der Waals surface area contributed by atoms with Crippen molar-refractivity contribution in [1.29, 1.82) is 0 Å². The standard InChI is InChI=1S/C23H27ClN6O/c1-4-20-25-11-13-29(20)15-21(31)30-12-5-6-19(30)22-18(14-26-23(27-22)28(2)3)16-7-9-17(24)10-8-16/h7-11,13-14,19H,4-6,12,15H2,1-3H3. The van der Waals surface area contributed by atoms with Crippen LogP contribution in [0.3, 0.4) is 0 Å². The smallest absolute Gasteiger partial charge is 0.243 e. The molecule has 162 valence electrons. The van der Waals surface area contributed by atoms with Gasteiger partial charge in [-0.1, -0.05) is 30.7 Å². The fourth-order valence-corrected chi connectivity index (χ4v) is 4.22. The second kappa shape index (κ2) is 9.06. The highest BCUT2D eigenvalue weighted by molar-refractivity contribution is 6.30. The van der Waals surface area contributed by atoms with E-state index in [1.165, 1.54) is 0 Å². The topological polar surface area (TPSA) is 67.2 Å². The summed E-state index contributed by atoms with van der Waals surface area (Å²) in [6.45, 7) is 3.06. The van der Waals surface area contributed by atoms with Crippen LogP contribution in [0.5, 0.6) is 0 Å². The first-order valence-corrected chi connectivity index (χ1v) is 11.0. The van der Waals surface area contributed by atoms with Crippen LogP contribution < -0.4 is 4.90 Å².